The number of nitrogens with one attached hydrogen (secondary N) is 1. The van der Waals surface area contributed by atoms with E-state index in [2.05, 4.69) is 21.2 Å². The average molecular weight is 430 g/mol. The maximum Gasteiger partial charge on any atom is 0.416 e. The van der Waals surface area contributed by atoms with E-state index >= 15 is 0 Å². The first kappa shape index (κ1) is 20.3. The van der Waals surface area contributed by atoms with Crippen molar-refractivity contribution in [3.63, 3.8) is 0 Å². The molecule has 1 amide bonds. The number of rotatable bonds is 4. The minimum atomic E-state index is -4.46. The van der Waals surface area contributed by atoms with Gasteiger partial charge < -0.3 is 10.1 Å². The minimum Gasteiger partial charge on any atom is -0.483 e. The molecule has 0 bridgehead atoms. The van der Waals surface area contributed by atoms with Crippen molar-refractivity contribution in [1.29, 1.82) is 0 Å². The monoisotopic (exact) mass is 429 g/mol. The summed E-state index contributed by atoms with van der Waals surface area (Å²) in [5.41, 5.74) is -0.0328. The number of amides is 1. The number of alkyl halides is 3. The van der Waals surface area contributed by atoms with Crippen LogP contribution in [0.2, 0.25) is 0 Å². The molecule has 26 heavy (non-hydrogen) atoms. The first-order valence-electron chi connectivity index (χ1n) is 7.87. The lowest BCUT2D eigenvalue weighted by molar-refractivity contribution is -0.137. The van der Waals surface area contributed by atoms with Crippen molar-refractivity contribution in [3.8, 4) is 5.75 Å². The number of hydrogen-bond donors (Lipinski definition) is 1. The molecule has 140 valence electrons. The second kappa shape index (κ2) is 7.70. The molecule has 0 saturated heterocycles. The van der Waals surface area contributed by atoms with Gasteiger partial charge in [0.25, 0.3) is 5.91 Å². The van der Waals surface area contributed by atoms with Crippen molar-refractivity contribution < 1.29 is 22.7 Å². The van der Waals surface area contributed by atoms with E-state index in [9.17, 15) is 18.0 Å². The Labute approximate surface area is 158 Å². The van der Waals surface area contributed by atoms with Gasteiger partial charge in [-0.05, 0) is 41.8 Å². The zero-order chi connectivity index (χ0) is 19.5. The zero-order valence-electron chi connectivity index (χ0n) is 14.6. The lowest BCUT2D eigenvalue weighted by Gasteiger charge is -2.23. The molecule has 0 fully saturated rings. The normalized spacial score (nSPS) is 12.0. The smallest absolute Gasteiger partial charge is 0.416 e. The third-order valence-electron chi connectivity index (χ3n) is 3.58. The van der Waals surface area contributed by atoms with Gasteiger partial charge in [0.05, 0.1) is 5.56 Å². The van der Waals surface area contributed by atoms with Gasteiger partial charge in [0.1, 0.15) is 5.75 Å². The number of carbonyl (C=O) groups is 1. The fourth-order valence-electron chi connectivity index (χ4n) is 2.33. The largest absolute Gasteiger partial charge is 0.483 e. The highest BCUT2D eigenvalue weighted by Gasteiger charge is 2.30. The van der Waals surface area contributed by atoms with Crippen LogP contribution in [0.5, 0.6) is 5.75 Å². The van der Waals surface area contributed by atoms with Gasteiger partial charge in [-0.15, -0.1) is 0 Å². The van der Waals surface area contributed by atoms with Gasteiger partial charge in [-0.25, -0.2) is 0 Å². The fraction of sp³-hybridized carbons (Fsp3) is 0.316. The van der Waals surface area contributed by atoms with Crippen molar-refractivity contribution in [2.45, 2.75) is 32.4 Å². The third-order valence-corrected chi connectivity index (χ3v) is 4.08. The predicted molar refractivity (Wildman–Crippen MR) is 98.4 cm³/mol. The van der Waals surface area contributed by atoms with Gasteiger partial charge in [-0.3, -0.25) is 4.79 Å². The fourth-order valence-corrected chi connectivity index (χ4v) is 2.69. The molecule has 3 nitrogen and oxygen atoms in total. The molecule has 2 aromatic carbocycles. The van der Waals surface area contributed by atoms with Crippen molar-refractivity contribution in [3.05, 3.63) is 58.1 Å². The van der Waals surface area contributed by atoms with Gasteiger partial charge in [0, 0.05) is 15.7 Å². The standard InChI is InChI=1S/C19H19BrF3NO2/c1-18(2,3)15-10-13(20)7-8-16(15)26-11-17(25)24-14-6-4-5-12(9-14)19(21,22)23/h4-10H,11H2,1-3H3,(H,24,25). The van der Waals surface area contributed by atoms with Crippen LogP contribution in [0.3, 0.4) is 0 Å². The Morgan fingerprint density at radius 1 is 1.12 bits per heavy atom. The van der Waals surface area contributed by atoms with Gasteiger partial charge in [-0.2, -0.15) is 13.2 Å². The van der Waals surface area contributed by atoms with Crippen LogP contribution >= 0.6 is 15.9 Å². The van der Waals surface area contributed by atoms with Crippen LogP contribution in [0.25, 0.3) is 0 Å². The molecule has 1 N–H and O–H groups in total. The predicted octanol–water partition coefficient (Wildman–Crippen LogP) is 5.78. The van der Waals surface area contributed by atoms with E-state index in [1.807, 2.05) is 26.8 Å². The van der Waals surface area contributed by atoms with Gasteiger partial charge in [0.15, 0.2) is 6.61 Å². The molecule has 0 atom stereocenters. The Morgan fingerprint density at radius 2 is 1.81 bits per heavy atom. The number of halogens is 4. The summed E-state index contributed by atoms with van der Waals surface area (Å²) < 4.78 is 44.7. The molecule has 7 heteroatoms. The Bertz CT molecular complexity index is 798. The summed E-state index contributed by atoms with van der Waals surface area (Å²) in [5, 5.41) is 2.42. The molecule has 2 aromatic rings. The summed E-state index contributed by atoms with van der Waals surface area (Å²) in [6.07, 6.45) is -4.46. The number of anilines is 1. The minimum absolute atomic E-state index is 0.0697. The number of hydrogen-bond acceptors (Lipinski definition) is 2. The maximum absolute atomic E-state index is 12.7. The number of ether oxygens (including phenoxy) is 1. The second-order valence-electron chi connectivity index (χ2n) is 6.81. The van der Waals surface area contributed by atoms with Crippen LogP contribution in [0.15, 0.2) is 46.9 Å². The lowest BCUT2D eigenvalue weighted by atomic mass is 9.86. The van der Waals surface area contributed by atoms with E-state index in [4.69, 9.17) is 4.74 Å². The summed E-state index contributed by atoms with van der Waals surface area (Å²) in [5.74, 6) is 0.0204. The zero-order valence-corrected chi connectivity index (χ0v) is 16.2. The summed E-state index contributed by atoms with van der Waals surface area (Å²) in [6, 6.07) is 9.94. The average Bonchev–Trinajstić information content (AvgIpc) is 2.52. The van der Waals surface area contributed by atoms with E-state index in [1.165, 1.54) is 12.1 Å². The molecule has 0 spiro atoms. The molecular weight excluding hydrogens is 411 g/mol. The maximum atomic E-state index is 12.7. The van der Waals surface area contributed by atoms with Crippen LogP contribution in [0, 0.1) is 0 Å². The lowest BCUT2D eigenvalue weighted by Crippen LogP contribution is -2.22. The highest BCUT2D eigenvalue weighted by atomic mass is 79.9. The van der Waals surface area contributed by atoms with Crippen LogP contribution in [-0.2, 0) is 16.4 Å². The van der Waals surface area contributed by atoms with Crippen LogP contribution in [-0.4, -0.2) is 12.5 Å². The summed E-state index contributed by atoms with van der Waals surface area (Å²) in [6.45, 7) is 5.75. The summed E-state index contributed by atoms with van der Waals surface area (Å²) in [7, 11) is 0. The number of carbonyl (C=O) groups excluding carboxylic acids is 1. The highest BCUT2D eigenvalue weighted by Crippen LogP contribution is 2.34. The molecule has 0 saturated carbocycles. The van der Waals surface area contributed by atoms with E-state index in [0.29, 0.717) is 5.75 Å². The van der Waals surface area contributed by atoms with Gasteiger partial charge in [-0.1, -0.05) is 42.8 Å². The molecule has 0 aliphatic heterocycles. The van der Waals surface area contributed by atoms with E-state index in [1.54, 1.807) is 12.1 Å². The molecule has 0 aliphatic rings. The first-order valence-corrected chi connectivity index (χ1v) is 8.66. The second-order valence-corrected chi connectivity index (χ2v) is 7.72. The Balaban J connectivity index is 2.07. The quantitative estimate of drug-likeness (QED) is 0.668. The van der Waals surface area contributed by atoms with Crippen molar-refractivity contribution in [2.24, 2.45) is 0 Å². The topological polar surface area (TPSA) is 38.3 Å². The Kier molecular flexibility index (Phi) is 6.01. The van der Waals surface area contributed by atoms with Crippen LogP contribution < -0.4 is 10.1 Å². The molecule has 0 radical (unpaired) electrons. The third kappa shape index (κ3) is 5.49. The number of benzene rings is 2. The van der Waals surface area contributed by atoms with Crippen molar-refractivity contribution in [1.82, 2.24) is 0 Å². The molecule has 0 heterocycles. The van der Waals surface area contributed by atoms with Gasteiger partial charge >= 0.3 is 6.18 Å². The van der Waals surface area contributed by atoms with Gasteiger partial charge in [0.2, 0.25) is 0 Å². The van der Waals surface area contributed by atoms with Crippen molar-refractivity contribution in [2.75, 3.05) is 11.9 Å². The van der Waals surface area contributed by atoms with E-state index in [0.717, 1.165) is 22.2 Å². The Morgan fingerprint density at radius 3 is 2.42 bits per heavy atom. The molecule has 0 aromatic heterocycles. The first-order chi connectivity index (χ1) is 12.0. The summed E-state index contributed by atoms with van der Waals surface area (Å²) >= 11 is 3.41. The van der Waals surface area contributed by atoms with Crippen LogP contribution in [0.4, 0.5) is 18.9 Å². The molecule has 2 rings (SSSR count). The van der Waals surface area contributed by atoms with Crippen molar-refractivity contribution >= 4 is 27.5 Å². The Hall–Kier alpha value is -2.02. The van der Waals surface area contributed by atoms with E-state index in [-0.39, 0.29) is 17.7 Å². The molecular formula is C19H19BrF3NO2. The SMILES string of the molecule is CC(C)(C)c1cc(Br)ccc1OCC(=O)Nc1cccc(C(F)(F)F)c1. The van der Waals surface area contributed by atoms with Crippen LogP contribution in [0.1, 0.15) is 31.9 Å². The summed E-state index contributed by atoms with van der Waals surface area (Å²) in [4.78, 5) is 12.0. The molecule has 0 aliphatic carbocycles. The highest BCUT2D eigenvalue weighted by molar-refractivity contribution is 9.10. The van der Waals surface area contributed by atoms with E-state index < -0.39 is 17.6 Å². The molecule has 0 unspecified atom stereocenters.